The molecule has 0 aliphatic carbocycles. The van der Waals surface area contributed by atoms with Crippen molar-refractivity contribution in [2.45, 2.75) is 70.4 Å². The van der Waals surface area contributed by atoms with Gasteiger partial charge in [0.2, 0.25) is 0 Å². The van der Waals surface area contributed by atoms with Gasteiger partial charge in [0.25, 0.3) is 5.56 Å². The Bertz CT molecular complexity index is 862. The van der Waals surface area contributed by atoms with Crippen LogP contribution in [-0.2, 0) is 20.6 Å². The number of hydrogen-bond acceptors (Lipinski definition) is 8. The molecule has 0 spiro atoms. The molecule has 2 aliphatic rings. The van der Waals surface area contributed by atoms with Crippen LogP contribution in [0.5, 0.6) is 0 Å². The Morgan fingerprint density at radius 1 is 1.31 bits per heavy atom. The van der Waals surface area contributed by atoms with E-state index in [-0.39, 0.29) is 17.7 Å². The van der Waals surface area contributed by atoms with Crippen molar-refractivity contribution in [1.29, 1.82) is 0 Å². The van der Waals surface area contributed by atoms with E-state index < -0.39 is 30.3 Å². The number of aryl methyl sites for hydroxylation is 1. The maximum atomic E-state index is 12.3. The lowest BCUT2D eigenvalue weighted by atomic mass is 10.1. The lowest BCUT2D eigenvalue weighted by Crippen LogP contribution is -2.31. The molecular weight excluding hydrogens is 342 g/mol. The highest BCUT2D eigenvalue weighted by Gasteiger charge is 2.56. The summed E-state index contributed by atoms with van der Waals surface area (Å²) < 4.78 is 19.2. The average molecular weight is 365 g/mol. The molecule has 0 radical (unpaired) electrons. The molecule has 10 nitrogen and oxygen atoms in total. The third kappa shape index (κ3) is 2.82. The summed E-state index contributed by atoms with van der Waals surface area (Å²) in [5, 5.41) is 17.7. The summed E-state index contributed by atoms with van der Waals surface area (Å²) in [6.45, 7) is 5.48. The van der Waals surface area contributed by atoms with Crippen molar-refractivity contribution >= 4 is 11.2 Å². The average Bonchev–Trinajstić information content (AvgIpc) is 3.23. The second-order valence-corrected chi connectivity index (χ2v) is 7.13. The van der Waals surface area contributed by atoms with Crippen molar-refractivity contribution in [3.05, 3.63) is 16.2 Å². The van der Waals surface area contributed by atoms with E-state index in [4.69, 9.17) is 14.2 Å². The summed E-state index contributed by atoms with van der Waals surface area (Å²) in [7, 11) is 0. The Labute approximate surface area is 149 Å². The van der Waals surface area contributed by atoms with E-state index in [0.29, 0.717) is 17.9 Å². The number of ether oxygens (including phenoxy) is 3. The molecule has 0 amide bonds. The second-order valence-electron chi connectivity index (χ2n) is 7.13. The van der Waals surface area contributed by atoms with Crippen molar-refractivity contribution in [2.24, 2.45) is 0 Å². The van der Waals surface area contributed by atoms with Crippen LogP contribution in [-0.4, -0.2) is 60.8 Å². The highest BCUT2D eigenvalue weighted by atomic mass is 16.8. The first-order valence-corrected chi connectivity index (χ1v) is 8.89. The Morgan fingerprint density at radius 3 is 2.81 bits per heavy atom. The van der Waals surface area contributed by atoms with Gasteiger partial charge in [0.05, 0.1) is 6.61 Å². The fraction of sp³-hybridized carbons (Fsp3) is 0.750. The summed E-state index contributed by atoms with van der Waals surface area (Å²) in [5.41, 5.74) is 0.163. The number of nitrogens with one attached hydrogen (secondary N) is 1. The molecule has 4 heterocycles. The number of aromatic nitrogens is 5. The van der Waals surface area contributed by atoms with Crippen LogP contribution in [0.1, 0.15) is 45.7 Å². The van der Waals surface area contributed by atoms with Crippen LogP contribution in [0.2, 0.25) is 0 Å². The Morgan fingerprint density at radius 2 is 2.08 bits per heavy atom. The van der Waals surface area contributed by atoms with Gasteiger partial charge in [-0.25, -0.2) is 4.98 Å². The number of aliphatic hydroxyl groups is 1. The van der Waals surface area contributed by atoms with Crippen LogP contribution >= 0.6 is 0 Å². The number of aliphatic hydroxyl groups excluding tert-OH is 1. The van der Waals surface area contributed by atoms with Gasteiger partial charge in [-0.1, -0.05) is 18.6 Å². The summed E-state index contributed by atoms with van der Waals surface area (Å²) >= 11 is 0. The Hall–Kier alpha value is -1.88. The normalized spacial score (nSPS) is 30.2. The number of unbranched alkanes of at least 4 members (excludes halogenated alkanes) is 1. The molecule has 10 heteroatoms. The summed E-state index contributed by atoms with van der Waals surface area (Å²) in [5.74, 6) is -0.205. The first kappa shape index (κ1) is 17.5. The molecule has 2 aromatic rings. The maximum Gasteiger partial charge on any atom is 0.281 e. The Kier molecular flexibility index (Phi) is 4.30. The molecule has 2 aromatic heterocycles. The zero-order chi connectivity index (χ0) is 18.5. The lowest BCUT2D eigenvalue weighted by Gasteiger charge is -2.23. The van der Waals surface area contributed by atoms with E-state index in [1.54, 1.807) is 0 Å². The van der Waals surface area contributed by atoms with E-state index in [1.807, 2.05) is 13.8 Å². The third-order valence-electron chi connectivity index (χ3n) is 4.70. The molecule has 2 N–H and O–H groups in total. The van der Waals surface area contributed by atoms with Gasteiger partial charge < -0.3 is 24.3 Å². The van der Waals surface area contributed by atoms with Gasteiger partial charge in [-0.2, -0.15) is 4.68 Å². The molecular formula is C16H23N5O5. The monoisotopic (exact) mass is 365 g/mol. The molecule has 0 saturated carbocycles. The minimum atomic E-state index is -0.793. The minimum absolute atomic E-state index is 0.149. The van der Waals surface area contributed by atoms with Crippen molar-refractivity contribution in [2.75, 3.05) is 6.61 Å². The third-order valence-corrected chi connectivity index (χ3v) is 4.70. The van der Waals surface area contributed by atoms with Crippen LogP contribution in [0.25, 0.3) is 11.2 Å². The second kappa shape index (κ2) is 6.38. The quantitative estimate of drug-likeness (QED) is 0.773. The van der Waals surface area contributed by atoms with Crippen LogP contribution in [0.3, 0.4) is 0 Å². The standard InChI is InChI=1S/C16H23N5O5/c1-4-5-6-9-17-13-10(14(23)18-9)19-20-21(13)15-12-11(8(7-22)24-15)25-16(2,3)26-12/h8,11-12,15,22H,4-7H2,1-3H3,(H,17,18,23)/t8-,11-,12-,15-/m1/s1. The van der Waals surface area contributed by atoms with Gasteiger partial charge in [-0.3, -0.25) is 4.79 Å². The maximum absolute atomic E-state index is 12.3. The smallest absolute Gasteiger partial charge is 0.281 e. The van der Waals surface area contributed by atoms with Gasteiger partial charge >= 0.3 is 0 Å². The zero-order valence-electron chi connectivity index (χ0n) is 15.0. The van der Waals surface area contributed by atoms with Gasteiger partial charge in [0.15, 0.2) is 23.2 Å². The zero-order valence-corrected chi connectivity index (χ0v) is 15.0. The van der Waals surface area contributed by atoms with Crippen molar-refractivity contribution in [3.63, 3.8) is 0 Å². The number of aromatic amines is 1. The Balaban J connectivity index is 1.74. The molecule has 26 heavy (non-hydrogen) atoms. The van der Waals surface area contributed by atoms with E-state index in [0.717, 1.165) is 12.8 Å². The fourth-order valence-electron chi connectivity index (χ4n) is 3.52. The van der Waals surface area contributed by atoms with Crippen LogP contribution in [0.15, 0.2) is 4.79 Å². The van der Waals surface area contributed by atoms with Crippen molar-refractivity contribution in [1.82, 2.24) is 25.0 Å². The van der Waals surface area contributed by atoms with Crippen LogP contribution in [0, 0.1) is 0 Å². The van der Waals surface area contributed by atoms with Crippen LogP contribution < -0.4 is 5.56 Å². The summed E-state index contributed by atoms with van der Waals surface area (Å²) in [4.78, 5) is 19.6. The summed E-state index contributed by atoms with van der Waals surface area (Å²) in [6.07, 6.45) is 0.430. The number of fused-ring (bicyclic) bond motifs is 2. The first-order valence-electron chi connectivity index (χ1n) is 8.89. The van der Waals surface area contributed by atoms with E-state index in [1.165, 1.54) is 4.68 Å². The largest absolute Gasteiger partial charge is 0.394 e. The van der Waals surface area contributed by atoms with Crippen molar-refractivity contribution < 1.29 is 19.3 Å². The fourth-order valence-corrected chi connectivity index (χ4v) is 3.52. The molecule has 0 unspecified atom stereocenters. The van der Waals surface area contributed by atoms with E-state index >= 15 is 0 Å². The van der Waals surface area contributed by atoms with Crippen molar-refractivity contribution in [3.8, 4) is 0 Å². The van der Waals surface area contributed by atoms with Gasteiger partial charge in [-0.15, -0.1) is 5.10 Å². The van der Waals surface area contributed by atoms with Gasteiger partial charge in [-0.05, 0) is 20.3 Å². The highest BCUT2D eigenvalue weighted by molar-refractivity contribution is 5.68. The molecule has 142 valence electrons. The van der Waals surface area contributed by atoms with Crippen LogP contribution in [0.4, 0.5) is 0 Å². The minimum Gasteiger partial charge on any atom is -0.394 e. The first-order chi connectivity index (χ1) is 12.4. The van der Waals surface area contributed by atoms with Gasteiger partial charge in [0.1, 0.15) is 24.1 Å². The van der Waals surface area contributed by atoms with Gasteiger partial charge in [0, 0.05) is 6.42 Å². The molecule has 2 fully saturated rings. The van der Waals surface area contributed by atoms with E-state index in [2.05, 4.69) is 27.2 Å². The molecule has 4 atom stereocenters. The molecule has 4 rings (SSSR count). The molecule has 0 aromatic carbocycles. The predicted molar refractivity (Wildman–Crippen MR) is 89.4 cm³/mol. The molecule has 2 saturated heterocycles. The molecule has 0 bridgehead atoms. The predicted octanol–water partition coefficient (Wildman–Crippen LogP) is 0.267. The number of H-pyrrole nitrogens is 1. The highest BCUT2D eigenvalue weighted by Crippen LogP contribution is 2.43. The SMILES string of the molecule is CCCCc1nc2c(nnn2[C@@H]2O[C@H](CO)[C@H]3OC(C)(C)O[C@H]32)c(=O)[nH]1. The molecule has 2 aliphatic heterocycles. The number of hydrogen-bond donors (Lipinski definition) is 2. The number of rotatable bonds is 5. The number of nitrogens with zero attached hydrogens (tertiary/aromatic N) is 4. The van der Waals surface area contributed by atoms with E-state index in [9.17, 15) is 9.90 Å². The lowest BCUT2D eigenvalue weighted by molar-refractivity contribution is -0.201. The summed E-state index contributed by atoms with van der Waals surface area (Å²) in [6, 6.07) is 0. The topological polar surface area (TPSA) is 124 Å².